The topological polar surface area (TPSA) is 81.6 Å². The predicted octanol–water partition coefficient (Wildman–Crippen LogP) is 1.47. The number of guanidine groups is 1. The average Bonchev–Trinajstić information content (AvgIpc) is 3.06. The zero-order valence-corrected chi connectivity index (χ0v) is 18.5. The van der Waals surface area contributed by atoms with Crippen molar-refractivity contribution in [2.45, 2.75) is 27.2 Å². The van der Waals surface area contributed by atoms with E-state index in [1.807, 2.05) is 6.07 Å². The molecule has 1 aliphatic rings. The van der Waals surface area contributed by atoms with Crippen LogP contribution in [0.5, 0.6) is 0 Å². The highest BCUT2D eigenvalue weighted by molar-refractivity contribution is 7.11. The number of aliphatic imine (C=N–C) groups is 1. The van der Waals surface area contributed by atoms with E-state index in [0.717, 1.165) is 76.4 Å². The lowest BCUT2D eigenvalue weighted by Gasteiger charge is -2.34. The molecule has 8 nitrogen and oxygen atoms in total. The molecule has 0 bridgehead atoms. The summed E-state index contributed by atoms with van der Waals surface area (Å²) in [5, 5.41) is 7.94. The van der Waals surface area contributed by atoms with E-state index >= 15 is 0 Å². The van der Waals surface area contributed by atoms with Crippen LogP contribution in [-0.2, 0) is 6.42 Å². The third kappa shape index (κ3) is 6.64. The van der Waals surface area contributed by atoms with Gasteiger partial charge in [-0.3, -0.25) is 9.89 Å². The summed E-state index contributed by atoms with van der Waals surface area (Å²) in [6, 6.07) is 1.85. The highest BCUT2D eigenvalue weighted by atomic mass is 32.1. The number of nitrogens with zero attached hydrogens (tertiary/aromatic N) is 6. The van der Waals surface area contributed by atoms with Gasteiger partial charge < -0.3 is 15.5 Å². The van der Waals surface area contributed by atoms with Crippen molar-refractivity contribution >= 4 is 23.2 Å². The largest absolute Gasteiger partial charge is 0.357 e. The molecule has 2 N–H and O–H groups in total. The first-order valence-corrected chi connectivity index (χ1v) is 11.2. The molecule has 0 aliphatic carbocycles. The third-order valence-electron chi connectivity index (χ3n) is 4.94. The molecule has 1 aliphatic heterocycles. The Morgan fingerprint density at radius 2 is 1.90 bits per heavy atom. The van der Waals surface area contributed by atoms with E-state index in [1.165, 1.54) is 9.88 Å². The van der Waals surface area contributed by atoms with E-state index in [1.54, 1.807) is 23.7 Å². The second-order valence-corrected chi connectivity index (χ2v) is 8.35. The van der Waals surface area contributed by atoms with Crippen LogP contribution in [0.1, 0.15) is 22.5 Å². The Hall–Kier alpha value is -2.26. The highest BCUT2D eigenvalue weighted by Crippen LogP contribution is 2.16. The third-order valence-corrected chi connectivity index (χ3v) is 6.07. The Morgan fingerprint density at radius 1 is 1.14 bits per heavy atom. The number of aryl methyl sites for hydroxylation is 2. The molecule has 2 aromatic heterocycles. The first-order chi connectivity index (χ1) is 14.2. The van der Waals surface area contributed by atoms with Crippen LogP contribution < -0.4 is 15.5 Å². The fraction of sp³-hybridized carbons (Fsp3) is 0.600. The van der Waals surface area contributed by atoms with Crippen LogP contribution in [0.2, 0.25) is 0 Å². The van der Waals surface area contributed by atoms with E-state index in [9.17, 15) is 0 Å². The van der Waals surface area contributed by atoms with Crippen LogP contribution in [0.25, 0.3) is 0 Å². The van der Waals surface area contributed by atoms with Gasteiger partial charge in [0.2, 0.25) is 5.95 Å². The minimum absolute atomic E-state index is 0.784. The molecule has 3 heterocycles. The van der Waals surface area contributed by atoms with E-state index in [2.05, 4.69) is 56.2 Å². The Bertz CT molecular complexity index is 749. The number of rotatable bonds is 8. The van der Waals surface area contributed by atoms with Crippen molar-refractivity contribution < 1.29 is 0 Å². The maximum absolute atomic E-state index is 4.74. The molecule has 0 spiro atoms. The molecule has 0 radical (unpaired) electrons. The molecule has 3 rings (SSSR count). The van der Waals surface area contributed by atoms with Gasteiger partial charge in [-0.1, -0.05) is 0 Å². The van der Waals surface area contributed by atoms with Gasteiger partial charge in [-0.25, -0.2) is 15.0 Å². The molecule has 0 atom stereocenters. The minimum atomic E-state index is 0.784. The van der Waals surface area contributed by atoms with E-state index in [-0.39, 0.29) is 0 Å². The average molecular weight is 417 g/mol. The van der Waals surface area contributed by atoms with E-state index in [0.29, 0.717) is 0 Å². The normalized spacial score (nSPS) is 15.6. The van der Waals surface area contributed by atoms with Crippen molar-refractivity contribution in [2.75, 3.05) is 57.3 Å². The van der Waals surface area contributed by atoms with Crippen LogP contribution in [0.3, 0.4) is 0 Å². The van der Waals surface area contributed by atoms with Crippen molar-refractivity contribution in [1.29, 1.82) is 0 Å². The molecule has 2 aromatic rings. The molecule has 1 fully saturated rings. The van der Waals surface area contributed by atoms with Gasteiger partial charge in [-0.05, 0) is 26.8 Å². The summed E-state index contributed by atoms with van der Waals surface area (Å²) in [5.74, 6) is 1.71. The first-order valence-electron chi connectivity index (χ1n) is 10.3. The number of piperazine rings is 1. The fourth-order valence-corrected chi connectivity index (χ4v) is 4.14. The number of hydrogen-bond acceptors (Lipinski definition) is 7. The van der Waals surface area contributed by atoms with Crippen molar-refractivity contribution in [3.05, 3.63) is 34.0 Å². The highest BCUT2D eigenvalue weighted by Gasteiger charge is 2.18. The quantitative estimate of drug-likeness (QED) is 0.498. The van der Waals surface area contributed by atoms with E-state index in [4.69, 9.17) is 4.99 Å². The van der Waals surface area contributed by atoms with Crippen molar-refractivity contribution in [3.63, 3.8) is 0 Å². The van der Waals surface area contributed by atoms with Crippen LogP contribution in [0, 0.1) is 13.8 Å². The molecule has 0 saturated carbocycles. The van der Waals surface area contributed by atoms with Gasteiger partial charge in [0, 0.05) is 69.5 Å². The molecule has 1 saturated heterocycles. The fourth-order valence-electron chi connectivity index (χ4n) is 3.20. The van der Waals surface area contributed by atoms with Crippen LogP contribution in [-0.4, -0.2) is 78.2 Å². The molecule has 0 unspecified atom stereocenters. The summed E-state index contributed by atoms with van der Waals surface area (Å²) in [6.45, 7) is 13.7. The predicted molar refractivity (Wildman–Crippen MR) is 120 cm³/mol. The zero-order chi connectivity index (χ0) is 20.5. The number of thiazole rings is 1. The Labute approximate surface area is 177 Å². The second-order valence-electron chi connectivity index (χ2n) is 7.06. The molecule has 158 valence electrons. The molecule has 0 aromatic carbocycles. The maximum atomic E-state index is 4.74. The molecule has 29 heavy (non-hydrogen) atoms. The van der Waals surface area contributed by atoms with Crippen molar-refractivity contribution in [1.82, 2.24) is 30.5 Å². The minimum Gasteiger partial charge on any atom is -0.357 e. The maximum Gasteiger partial charge on any atom is 0.225 e. The van der Waals surface area contributed by atoms with Gasteiger partial charge in [0.05, 0.1) is 17.2 Å². The van der Waals surface area contributed by atoms with Gasteiger partial charge in [-0.2, -0.15) is 0 Å². The number of aromatic nitrogens is 3. The van der Waals surface area contributed by atoms with Gasteiger partial charge in [0.15, 0.2) is 5.96 Å². The van der Waals surface area contributed by atoms with Crippen LogP contribution in [0.4, 0.5) is 5.95 Å². The standard InChI is InChI=1S/C20H32N8S/c1-4-21-19(22-9-6-18-26-16(2)17(3)29-18)23-10-11-27-12-14-28(15-13-27)20-24-7-5-8-25-20/h5,7-8H,4,6,9-15H2,1-3H3,(H2,21,22,23). The van der Waals surface area contributed by atoms with Gasteiger partial charge in [0.25, 0.3) is 0 Å². The Morgan fingerprint density at radius 3 is 2.55 bits per heavy atom. The lowest BCUT2D eigenvalue weighted by atomic mass is 10.3. The molecular weight excluding hydrogens is 384 g/mol. The van der Waals surface area contributed by atoms with Crippen LogP contribution in [0.15, 0.2) is 23.5 Å². The van der Waals surface area contributed by atoms with Crippen LogP contribution >= 0.6 is 11.3 Å². The Balaban J connectivity index is 1.38. The van der Waals surface area contributed by atoms with Gasteiger partial charge >= 0.3 is 0 Å². The summed E-state index contributed by atoms with van der Waals surface area (Å²) in [6.07, 6.45) is 4.53. The number of nitrogens with one attached hydrogen (secondary N) is 2. The lowest BCUT2D eigenvalue weighted by molar-refractivity contribution is 0.263. The number of hydrogen-bond donors (Lipinski definition) is 2. The van der Waals surface area contributed by atoms with Crippen molar-refractivity contribution in [3.8, 4) is 0 Å². The number of anilines is 1. The summed E-state index contributed by atoms with van der Waals surface area (Å²) in [5.41, 5.74) is 1.14. The first kappa shape index (κ1) is 21.4. The summed E-state index contributed by atoms with van der Waals surface area (Å²) >= 11 is 1.78. The second kappa shape index (κ2) is 11.1. The molecule has 9 heteroatoms. The summed E-state index contributed by atoms with van der Waals surface area (Å²) < 4.78 is 0. The SMILES string of the molecule is CCNC(=NCCN1CCN(c2ncccn2)CC1)NCCc1nc(C)c(C)s1. The lowest BCUT2D eigenvalue weighted by Crippen LogP contribution is -2.47. The van der Waals surface area contributed by atoms with Gasteiger partial charge in [-0.15, -0.1) is 11.3 Å². The Kier molecular flexibility index (Phi) is 8.18. The zero-order valence-electron chi connectivity index (χ0n) is 17.7. The summed E-state index contributed by atoms with van der Waals surface area (Å²) in [7, 11) is 0. The molecule has 0 amide bonds. The van der Waals surface area contributed by atoms with Gasteiger partial charge in [0.1, 0.15) is 0 Å². The monoisotopic (exact) mass is 416 g/mol. The summed E-state index contributed by atoms with van der Waals surface area (Å²) in [4.78, 5) is 24.0. The smallest absolute Gasteiger partial charge is 0.225 e. The van der Waals surface area contributed by atoms with Crippen molar-refractivity contribution in [2.24, 2.45) is 4.99 Å². The van der Waals surface area contributed by atoms with E-state index < -0.39 is 0 Å². The molecular formula is C20H32N8S.